The maximum atomic E-state index is 12.8. The number of nitrogens with one attached hydrogen (secondary N) is 2. The van der Waals surface area contributed by atoms with Crippen LogP contribution in [0.5, 0.6) is 0 Å². The fourth-order valence-corrected chi connectivity index (χ4v) is 2.67. The van der Waals surface area contributed by atoms with Gasteiger partial charge in [0.05, 0.1) is 17.8 Å². The van der Waals surface area contributed by atoms with Crippen LogP contribution in [-0.2, 0) is 32.1 Å². The summed E-state index contributed by atoms with van der Waals surface area (Å²) in [6.07, 6.45) is -2.86. The summed E-state index contributed by atoms with van der Waals surface area (Å²) in [7, 11) is 0. The molecule has 1 aromatic carbocycles. The van der Waals surface area contributed by atoms with Crippen LogP contribution in [0.1, 0.15) is 48.9 Å². The van der Waals surface area contributed by atoms with Crippen molar-refractivity contribution in [3.05, 3.63) is 52.4 Å². The summed E-state index contributed by atoms with van der Waals surface area (Å²) >= 11 is 0. The third kappa shape index (κ3) is 6.68. The van der Waals surface area contributed by atoms with E-state index in [2.05, 4.69) is 20.8 Å². The lowest BCUT2D eigenvalue weighted by atomic mass is 10.1. The molecule has 0 atom stereocenters. The highest BCUT2D eigenvalue weighted by Crippen LogP contribution is 2.29. The van der Waals surface area contributed by atoms with Crippen molar-refractivity contribution in [3.8, 4) is 0 Å². The van der Waals surface area contributed by atoms with Gasteiger partial charge in [0.25, 0.3) is 0 Å². The average Bonchev–Trinajstić information content (AvgIpc) is 3.05. The van der Waals surface area contributed by atoms with Crippen LogP contribution in [0.2, 0.25) is 0 Å². The Morgan fingerprint density at radius 3 is 2.50 bits per heavy atom. The monoisotopic (exact) mass is 510 g/mol. The molecule has 0 saturated carbocycles. The van der Waals surface area contributed by atoms with Crippen LogP contribution in [0.15, 0.2) is 33.8 Å². The highest BCUT2D eigenvalue weighted by atomic mass is 127. The van der Waals surface area contributed by atoms with E-state index in [1.807, 2.05) is 20.8 Å². The zero-order valence-corrected chi connectivity index (χ0v) is 18.5. The van der Waals surface area contributed by atoms with Gasteiger partial charge in [0.2, 0.25) is 0 Å². The van der Waals surface area contributed by atoms with Crippen molar-refractivity contribution in [1.29, 1.82) is 0 Å². The van der Waals surface area contributed by atoms with Crippen LogP contribution in [0.4, 0.5) is 13.2 Å². The van der Waals surface area contributed by atoms with E-state index < -0.39 is 11.7 Å². The third-order valence-corrected chi connectivity index (χ3v) is 4.06. The van der Waals surface area contributed by atoms with E-state index in [-0.39, 0.29) is 30.5 Å². The van der Waals surface area contributed by atoms with E-state index >= 15 is 0 Å². The van der Waals surface area contributed by atoms with Crippen molar-refractivity contribution < 1.29 is 17.7 Å². The van der Waals surface area contributed by atoms with Gasteiger partial charge in [-0.15, -0.1) is 24.0 Å². The lowest BCUT2D eigenvalue weighted by Gasteiger charge is -2.12. The molecule has 0 unspecified atom stereocenters. The van der Waals surface area contributed by atoms with E-state index in [0.717, 1.165) is 42.0 Å². The molecule has 5 nitrogen and oxygen atoms in total. The van der Waals surface area contributed by atoms with Crippen LogP contribution >= 0.6 is 24.0 Å². The molecule has 28 heavy (non-hydrogen) atoms. The van der Waals surface area contributed by atoms with Crippen LogP contribution < -0.4 is 10.6 Å². The first-order chi connectivity index (χ1) is 12.9. The van der Waals surface area contributed by atoms with Gasteiger partial charge < -0.3 is 15.2 Å². The number of benzene rings is 1. The summed E-state index contributed by atoms with van der Waals surface area (Å²) in [6, 6.07) is 5.21. The van der Waals surface area contributed by atoms with E-state index in [4.69, 9.17) is 4.52 Å². The summed E-state index contributed by atoms with van der Waals surface area (Å²) in [5, 5.41) is 10.4. The molecule has 0 saturated heterocycles. The largest absolute Gasteiger partial charge is 0.416 e. The Hall–Kier alpha value is -1.78. The highest BCUT2D eigenvalue weighted by Gasteiger charge is 2.30. The topological polar surface area (TPSA) is 62.5 Å². The molecule has 1 heterocycles. The van der Waals surface area contributed by atoms with Gasteiger partial charge in [-0.25, -0.2) is 4.99 Å². The minimum Gasteiger partial charge on any atom is -0.361 e. The molecule has 0 spiro atoms. The Kier molecular flexibility index (Phi) is 9.77. The van der Waals surface area contributed by atoms with Crippen LogP contribution in [-0.4, -0.2) is 17.7 Å². The van der Waals surface area contributed by atoms with Crippen LogP contribution in [0.25, 0.3) is 0 Å². The molecule has 0 aliphatic heterocycles. The molecule has 0 radical (unpaired) electrons. The lowest BCUT2D eigenvalue weighted by Crippen LogP contribution is -2.37. The average molecular weight is 510 g/mol. The number of aromatic nitrogens is 1. The number of alkyl halides is 3. The maximum Gasteiger partial charge on any atom is 0.416 e. The Labute approximate surface area is 180 Å². The second-order valence-corrected chi connectivity index (χ2v) is 5.98. The Morgan fingerprint density at radius 2 is 1.89 bits per heavy atom. The number of hydrogen-bond acceptors (Lipinski definition) is 3. The molecule has 1 aromatic heterocycles. The number of nitrogens with zero attached hydrogens (tertiary/aromatic N) is 2. The fraction of sp³-hybridized carbons (Fsp3) is 0.474. The number of rotatable bonds is 7. The molecule has 2 rings (SSSR count). The van der Waals surface area contributed by atoms with Crippen molar-refractivity contribution >= 4 is 29.9 Å². The van der Waals surface area contributed by atoms with Gasteiger partial charge in [0, 0.05) is 25.1 Å². The number of halogens is 4. The zero-order valence-electron chi connectivity index (χ0n) is 16.2. The quantitative estimate of drug-likeness (QED) is 0.323. The standard InChI is InChI=1S/C19H25F3N4O.HI/c1-4-16-15(17(5-2)27-26-16)12-25-18(23-6-3)24-11-13-8-7-9-14(10-13)19(20,21)22;/h7-10H,4-6,11-12H2,1-3H3,(H2,23,24,25);1H. The summed E-state index contributed by atoms with van der Waals surface area (Å²) in [6.45, 7) is 7.20. The van der Waals surface area contributed by atoms with Gasteiger partial charge in [0.15, 0.2) is 5.96 Å². The predicted octanol–water partition coefficient (Wildman–Crippen LogP) is 4.69. The number of aryl methyl sites for hydroxylation is 2. The normalized spacial score (nSPS) is 11.9. The minimum absolute atomic E-state index is 0. The molecule has 0 amide bonds. The van der Waals surface area contributed by atoms with Crippen LogP contribution in [0, 0.1) is 0 Å². The number of aliphatic imine (C=N–C) groups is 1. The minimum atomic E-state index is -4.36. The first kappa shape index (κ1) is 24.3. The van der Waals surface area contributed by atoms with Gasteiger partial charge in [0.1, 0.15) is 5.76 Å². The fourth-order valence-electron chi connectivity index (χ4n) is 2.67. The summed E-state index contributed by atoms with van der Waals surface area (Å²) in [5.74, 6) is 1.35. The van der Waals surface area contributed by atoms with Crippen LogP contribution in [0.3, 0.4) is 0 Å². The molecule has 0 aliphatic carbocycles. The molecular formula is C19H26F3IN4O. The van der Waals surface area contributed by atoms with Crippen molar-refractivity contribution in [1.82, 2.24) is 15.8 Å². The molecule has 9 heteroatoms. The van der Waals surface area contributed by atoms with Gasteiger partial charge in [-0.1, -0.05) is 31.1 Å². The van der Waals surface area contributed by atoms with Crippen molar-refractivity contribution in [2.75, 3.05) is 6.54 Å². The smallest absolute Gasteiger partial charge is 0.361 e. The van der Waals surface area contributed by atoms with Gasteiger partial charge >= 0.3 is 6.18 Å². The van der Waals surface area contributed by atoms with Gasteiger partial charge in [-0.05, 0) is 31.0 Å². The molecule has 0 aliphatic rings. The highest BCUT2D eigenvalue weighted by molar-refractivity contribution is 14.0. The molecular weight excluding hydrogens is 484 g/mol. The van der Waals surface area contributed by atoms with Crippen molar-refractivity contribution in [2.24, 2.45) is 4.99 Å². The van der Waals surface area contributed by atoms with Gasteiger partial charge in [-0.2, -0.15) is 13.2 Å². The van der Waals surface area contributed by atoms with E-state index in [1.54, 1.807) is 6.07 Å². The maximum absolute atomic E-state index is 12.8. The molecule has 2 N–H and O–H groups in total. The third-order valence-electron chi connectivity index (χ3n) is 4.06. The van der Waals surface area contributed by atoms with E-state index in [0.29, 0.717) is 24.6 Å². The number of guanidine groups is 1. The Balaban J connectivity index is 0.00000392. The summed E-state index contributed by atoms with van der Waals surface area (Å²) < 4.78 is 43.8. The molecule has 0 bridgehead atoms. The summed E-state index contributed by atoms with van der Waals surface area (Å²) in [5.41, 5.74) is 1.73. The van der Waals surface area contributed by atoms with Crippen molar-refractivity contribution in [3.63, 3.8) is 0 Å². The molecule has 0 fully saturated rings. The first-order valence-corrected chi connectivity index (χ1v) is 9.03. The lowest BCUT2D eigenvalue weighted by molar-refractivity contribution is -0.137. The first-order valence-electron chi connectivity index (χ1n) is 9.03. The van der Waals surface area contributed by atoms with Crippen molar-refractivity contribution in [2.45, 2.75) is 52.9 Å². The number of hydrogen-bond donors (Lipinski definition) is 2. The predicted molar refractivity (Wildman–Crippen MR) is 114 cm³/mol. The summed E-state index contributed by atoms with van der Waals surface area (Å²) in [4.78, 5) is 4.39. The Bertz CT molecular complexity index is 753. The van der Waals surface area contributed by atoms with Gasteiger partial charge in [-0.3, -0.25) is 0 Å². The molecule has 156 valence electrons. The Morgan fingerprint density at radius 1 is 1.14 bits per heavy atom. The second kappa shape index (κ2) is 11.3. The second-order valence-electron chi connectivity index (χ2n) is 5.98. The van der Waals surface area contributed by atoms with E-state index in [9.17, 15) is 13.2 Å². The zero-order chi connectivity index (χ0) is 19.9. The molecule has 2 aromatic rings. The van der Waals surface area contributed by atoms with E-state index in [1.165, 1.54) is 6.07 Å². The SMILES string of the molecule is CCNC(=NCc1cccc(C(F)(F)F)c1)NCc1c(CC)noc1CC.I.